The summed E-state index contributed by atoms with van der Waals surface area (Å²) in [5.74, 6) is 0.553. The summed E-state index contributed by atoms with van der Waals surface area (Å²) in [4.78, 5) is 12.3. The van der Waals surface area contributed by atoms with Crippen LogP contribution in [0, 0.1) is 0 Å². The molecule has 0 aliphatic rings. The maximum Gasteiger partial charge on any atom is 0.176 e. The number of rotatable bonds is 6. The number of hydrogen-bond donors (Lipinski definition) is 0. The van der Waals surface area contributed by atoms with E-state index in [2.05, 4.69) is 0 Å². The van der Waals surface area contributed by atoms with Crippen LogP contribution in [-0.2, 0) is 9.84 Å². The monoisotopic (exact) mass is 262 g/mol. The second-order valence-electron chi connectivity index (χ2n) is 3.47. The highest BCUT2D eigenvalue weighted by Crippen LogP contribution is 2.26. The van der Waals surface area contributed by atoms with Crippen molar-refractivity contribution in [3.05, 3.63) is 16.3 Å². The molecule has 0 aliphatic carbocycles. The van der Waals surface area contributed by atoms with Crippen molar-refractivity contribution >= 4 is 27.0 Å². The van der Waals surface area contributed by atoms with E-state index >= 15 is 0 Å². The molecule has 1 aromatic rings. The van der Waals surface area contributed by atoms with Crippen molar-refractivity contribution in [1.29, 1.82) is 0 Å². The summed E-state index contributed by atoms with van der Waals surface area (Å²) in [6, 6.07) is 1.73. The van der Waals surface area contributed by atoms with Crippen LogP contribution in [0.4, 0.5) is 0 Å². The van der Waals surface area contributed by atoms with E-state index in [-0.39, 0.29) is 18.0 Å². The molecule has 0 aromatic carbocycles. The second-order valence-corrected chi connectivity index (χ2v) is 6.65. The minimum atomic E-state index is -2.98. The summed E-state index contributed by atoms with van der Waals surface area (Å²) in [5.41, 5.74) is 0. The van der Waals surface area contributed by atoms with Crippen LogP contribution in [0.15, 0.2) is 11.4 Å². The SMILES string of the molecule is COc1ccsc1C(=O)CCCS(C)(=O)=O. The van der Waals surface area contributed by atoms with Gasteiger partial charge in [0.2, 0.25) is 0 Å². The average Bonchev–Trinajstić information content (AvgIpc) is 2.63. The van der Waals surface area contributed by atoms with Crippen LogP contribution in [0.1, 0.15) is 22.5 Å². The molecule has 6 heteroatoms. The van der Waals surface area contributed by atoms with Gasteiger partial charge in [-0.3, -0.25) is 4.79 Å². The minimum absolute atomic E-state index is 0.0480. The van der Waals surface area contributed by atoms with Crippen LogP contribution in [-0.4, -0.2) is 33.3 Å². The van der Waals surface area contributed by atoms with E-state index in [1.807, 2.05) is 0 Å². The predicted octanol–water partition coefficient (Wildman–Crippen LogP) is 1.76. The van der Waals surface area contributed by atoms with E-state index in [4.69, 9.17) is 4.74 Å². The minimum Gasteiger partial charge on any atom is -0.495 e. The van der Waals surface area contributed by atoms with Crippen LogP contribution in [0.5, 0.6) is 5.75 Å². The van der Waals surface area contributed by atoms with Gasteiger partial charge in [0.05, 0.1) is 12.9 Å². The largest absolute Gasteiger partial charge is 0.495 e. The van der Waals surface area contributed by atoms with Crippen molar-refractivity contribution in [2.24, 2.45) is 0 Å². The zero-order valence-corrected chi connectivity index (χ0v) is 10.9. The van der Waals surface area contributed by atoms with Gasteiger partial charge in [0.1, 0.15) is 20.5 Å². The highest BCUT2D eigenvalue weighted by Gasteiger charge is 2.14. The van der Waals surface area contributed by atoms with Crippen LogP contribution in [0.25, 0.3) is 0 Å². The van der Waals surface area contributed by atoms with E-state index in [9.17, 15) is 13.2 Å². The number of ketones is 1. The fourth-order valence-corrected chi connectivity index (χ4v) is 2.77. The molecule has 90 valence electrons. The summed E-state index contributed by atoms with van der Waals surface area (Å²) < 4.78 is 26.8. The molecule has 0 N–H and O–H groups in total. The van der Waals surface area contributed by atoms with Gasteiger partial charge in [-0.05, 0) is 17.9 Å². The molecule has 0 amide bonds. The Morgan fingerprint density at radius 3 is 2.75 bits per heavy atom. The molecule has 4 nitrogen and oxygen atoms in total. The van der Waals surface area contributed by atoms with Gasteiger partial charge >= 0.3 is 0 Å². The number of ether oxygens (including phenoxy) is 1. The molecular formula is C10H14O4S2. The topological polar surface area (TPSA) is 60.4 Å². The Hall–Kier alpha value is -0.880. The van der Waals surface area contributed by atoms with E-state index < -0.39 is 9.84 Å². The standard InChI is InChI=1S/C10H14O4S2/c1-14-9-5-6-15-10(9)8(11)4-3-7-16(2,12)13/h5-6H,3-4,7H2,1-2H3. The van der Waals surface area contributed by atoms with Crippen LogP contribution in [0.3, 0.4) is 0 Å². The van der Waals surface area contributed by atoms with Gasteiger partial charge in [-0.15, -0.1) is 11.3 Å². The number of carbonyl (C=O) groups is 1. The van der Waals surface area contributed by atoms with Gasteiger partial charge in [0.25, 0.3) is 0 Å². The maximum absolute atomic E-state index is 11.7. The number of methoxy groups -OCH3 is 1. The lowest BCUT2D eigenvalue weighted by atomic mass is 10.2. The molecule has 0 fully saturated rings. The van der Waals surface area contributed by atoms with Gasteiger partial charge in [0.15, 0.2) is 5.78 Å². The maximum atomic E-state index is 11.7. The smallest absolute Gasteiger partial charge is 0.176 e. The van der Waals surface area contributed by atoms with Crippen molar-refractivity contribution in [2.75, 3.05) is 19.1 Å². The molecular weight excluding hydrogens is 248 g/mol. The number of thiophene rings is 1. The first kappa shape index (κ1) is 13.2. The molecule has 1 aromatic heterocycles. The third kappa shape index (κ3) is 3.94. The van der Waals surface area contributed by atoms with E-state index in [1.165, 1.54) is 24.7 Å². The Bertz CT molecular complexity index is 459. The zero-order valence-electron chi connectivity index (χ0n) is 9.23. The Kier molecular flexibility index (Phi) is 4.49. The molecule has 1 rings (SSSR count). The van der Waals surface area contributed by atoms with Crippen molar-refractivity contribution in [2.45, 2.75) is 12.8 Å². The van der Waals surface area contributed by atoms with Gasteiger partial charge in [-0.1, -0.05) is 0 Å². The Morgan fingerprint density at radius 1 is 1.50 bits per heavy atom. The van der Waals surface area contributed by atoms with E-state index in [0.29, 0.717) is 17.0 Å². The highest BCUT2D eigenvalue weighted by atomic mass is 32.2. The lowest BCUT2D eigenvalue weighted by molar-refractivity contribution is 0.0983. The summed E-state index contributed by atoms with van der Waals surface area (Å²) >= 11 is 1.32. The van der Waals surface area contributed by atoms with Gasteiger partial charge in [0, 0.05) is 12.7 Å². The fourth-order valence-electron chi connectivity index (χ4n) is 1.27. The molecule has 0 bridgehead atoms. The molecule has 0 radical (unpaired) electrons. The van der Waals surface area contributed by atoms with Gasteiger partial charge < -0.3 is 4.74 Å². The number of hydrogen-bond acceptors (Lipinski definition) is 5. The number of sulfone groups is 1. The van der Waals surface area contributed by atoms with Crippen LogP contribution in [0.2, 0.25) is 0 Å². The van der Waals surface area contributed by atoms with Crippen LogP contribution < -0.4 is 4.74 Å². The first-order valence-corrected chi connectivity index (χ1v) is 7.70. The van der Waals surface area contributed by atoms with Crippen molar-refractivity contribution in [3.8, 4) is 5.75 Å². The second kappa shape index (κ2) is 5.45. The first-order chi connectivity index (χ1) is 7.44. The molecule has 0 saturated heterocycles. The summed E-state index contributed by atoms with van der Waals surface area (Å²) in [6.45, 7) is 0. The number of Topliss-reactive ketones (excluding diaryl/α,β-unsaturated/α-hetero) is 1. The highest BCUT2D eigenvalue weighted by molar-refractivity contribution is 7.90. The normalized spacial score (nSPS) is 11.4. The predicted molar refractivity (Wildman–Crippen MR) is 64.1 cm³/mol. The summed E-state index contributed by atoms with van der Waals surface area (Å²) in [5, 5.41) is 1.78. The molecule has 0 aliphatic heterocycles. The third-order valence-corrected chi connectivity index (χ3v) is 3.99. The molecule has 0 saturated carbocycles. The molecule has 16 heavy (non-hydrogen) atoms. The summed E-state index contributed by atoms with van der Waals surface area (Å²) in [7, 11) is -1.48. The van der Waals surface area contributed by atoms with E-state index in [0.717, 1.165) is 0 Å². The molecule has 0 atom stereocenters. The third-order valence-electron chi connectivity index (χ3n) is 2.02. The Morgan fingerprint density at radius 2 is 2.19 bits per heavy atom. The van der Waals surface area contributed by atoms with E-state index in [1.54, 1.807) is 11.4 Å². The van der Waals surface area contributed by atoms with Crippen molar-refractivity contribution < 1.29 is 17.9 Å². The summed E-state index contributed by atoms with van der Waals surface area (Å²) in [6.07, 6.45) is 1.77. The molecule has 0 unspecified atom stereocenters. The zero-order chi connectivity index (χ0) is 12.2. The van der Waals surface area contributed by atoms with Crippen LogP contribution >= 0.6 is 11.3 Å². The van der Waals surface area contributed by atoms with Crippen molar-refractivity contribution in [3.63, 3.8) is 0 Å². The lowest BCUT2D eigenvalue weighted by Gasteiger charge is -2.01. The Balaban J connectivity index is 2.54. The van der Waals surface area contributed by atoms with Gasteiger partial charge in [-0.2, -0.15) is 0 Å². The van der Waals surface area contributed by atoms with Gasteiger partial charge in [-0.25, -0.2) is 8.42 Å². The Labute approximate surface area is 99.2 Å². The molecule has 0 spiro atoms. The lowest BCUT2D eigenvalue weighted by Crippen LogP contribution is -2.06. The quantitative estimate of drug-likeness (QED) is 0.733. The van der Waals surface area contributed by atoms with Crippen molar-refractivity contribution in [1.82, 2.24) is 0 Å². The number of carbonyl (C=O) groups excluding carboxylic acids is 1. The molecule has 1 heterocycles. The first-order valence-electron chi connectivity index (χ1n) is 4.76. The average molecular weight is 262 g/mol. The fraction of sp³-hybridized carbons (Fsp3) is 0.500.